The first-order chi connectivity index (χ1) is 12.9. The molecule has 0 saturated heterocycles. The summed E-state index contributed by atoms with van der Waals surface area (Å²) in [7, 11) is 0. The molecule has 0 spiro atoms. The Bertz CT molecular complexity index is 895. The van der Waals surface area contributed by atoms with E-state index in [0.29, 0.717) is 0 Å². The van der Waals surface area contributed by atoms with Gasteiger partial charge in [0, 0.05) is 5.71 Å². The largest absolute Gasteiger partial charge is 0.507 e. The van der Waals surface area contributed by atoms with Crippen LogP contribution in [-0.4, -0.2) is 33.6 Å². The number of hydrazone groups is 1. The van der Waals surface area contributed by atoms with Gasteiger partial charge in [0.1, 0.15) is 11.5 Å². The Kier molecular flexibility index (Phi) is 6.48. The van der Waals surface area contributed by atoms with Gasteiger partial charge in [0.25, 0.3) is 11.8 Å². The molecule has 0 aromatic heterocycles. The summed E-state index contributed by atoms with van der Waals surface area (Å²) in [5.41, 5.74) is 6.92. The van der Waals surface area contributed by atoms with Gasteiger partial charge in [-0.15, -0.1) is 0 Å². The first-order valence-electron chi connectivity index (χ1n) is 7.87. The van der Waals surface area contributed by atoms with Gasteiger partial charge in [-0.05, 0) is 31.2 Å². The first kappa shape index (κ1) is 19.4. The predicted octanol–water partition coefficient (Wildman–Crippen LogP) is 1.05. The third-order valence-electron chi connectivity index (χ3n) is 3.38. The lowest BCUT2D eigenvalue weighted by Gasteiger charge is -2.08. The molecule has 0 aliphatic carbocycles. The first-order valence-corrected chi connectivity index (χ1v) is 7.87. The number of hydrogen-bond donors (Lipinski definition) is 5. The van der Waals surface area contributed by atoms with Crippen LogP contribution in [0.5, 0.6) is 11.5 Å². The van der Waals surface area contributed by atoms with Crippen molar-refractivity contribution >= 4 is 23.4 Å². The summed E-state index contributed by atoms with van der Waals surface area (Å²) in [6.45, 7) is 1.51. The van der Waals surface area contributed by atoms with Gasteiger partial charge in [0.05, 0.1) is 17.5 Å². The molecule has 0 atom stereocenters. The van der Waals surface area contributed by atoms with E-state index in [1.165, 1.54) is 31.2 Å². The normalized spacial score (nSPS) is 10.8. The van der Waals surface area contributed by atoms with E-state index < -0.39 is 17.7 Å². The minimum absolute atomic E-state index is 0.0121. The maximum absolute atomic E-state index is 11.9. The smallest absolute Gasteiger partial charge is 0.275 e. The molecule has 2 rings (SSSR count). The molecule has 2 aromatic carbocycles. The number of hydrogen-bond acceptors (Lipinski definition) is 6. The molecule has 0 aliphatic rings. The van der Waals surface area contributed by atoms with E-state index in [1.54, 1.807) is 24.3 Å². The molecule has 2 aromatic rings. The zero-order valence-electron chi connectivity index (χ0n) is 14.4. The van der Waals surface area contributed by atoms with Crippen LogP contribution in [0.1, 0.15) is 34.1 Å². The summed E-state index contributed by atoms with van der Waals surface area (Å²) in [5.74, 6) is -2.28. The second-order valence-electron chi connectivity index (χ2n) is 5.50. The molecule has 5 N–H and O–H groups in total. The van der Waals surface area contributed by atoms with Crippen LogP contribution < -0.4 is 16.3 Å². The molecule has 0 fully saturated rings. The highest BCUT2D eigenvalue weighted by Crippen LogP contribution is 2.15. The lowest BCUT2D eigenvalue weighted by Crippen LogP contribution is -2.42. The number of phenols is 2. The Morgan fingerprint density at radius 1 is 0.852 bits per heavy atom. The molecule has 9 heteroatoms. The number of hydrazine groups is 1. The van der Waals surface area contributed by atoms with E-state index in [2.05, 4.69) is 21.4 Å². The Hall–Kier alpha value is -3.88. The molecule has 0 bridgehead atoms. The summed E-state index contributed by atoms with van der Waals surface area (Å²) in [6, 6.07) is 11.8. The average Bonchev–Trinajstić information content (AvgIpc) is 2.65. The van der Waals surface area contributed by atoms with Gasteiger partial charge in [-0.3, -0.25) is 25.2 Å². The van der Waals surface area contributed by atoms with Crippen molar-refractivity contribution < 1.29 is 24.6 Å². The van der Waals surface area contributed by atoms with Crippen molar-refractivity contribution in [2.45, 2.75) is 13.3 Å². The second-order valence-corrected chi connectivity index (χ2v) is 5.50. The van der Waals surface area contributed by atoms with Gasteiger partial charge in [-0.25, -0.2) is 5.43 Å². The van der Waals surface area contributed by atoms with Crippen molar-refractivity contribution in [1.82, 2.24) is 16.3 Å². The Morgan fingerprint density at radius 3 is 1.93 bits per heavy atom. The lowest BCUT2D eigenvalue weighted by atomic mass is 10.2. The highest BCUT2D eigenvalue weighted by molar-refractivity contribution is 6.03. The number of phenolic OH excluding ortho intramolecular Hbond substituents is 2. The van der Waals surface area contributed by atoms with Gasteiger partial charge < -0.3 is 10.2 Å². The van der Waals surface area contributed by atoms with Crippen molar-refractivity contribution in [3.63, 3.8) is 0 Å². The van der Waals surface area contributed by atoms with Crippen LogP contribution in [0.15, 0.2) is 53.6 Å². The van der Waals surface area contributed by atoms with Crippen LogP contribution in [0.2, 0.25) is 0 Å². The number of rotatable bonds is 5. The quantitative estimate of drug-likeness (QED) is 0.395. The van der Waals surface area contributed by atoms with E-state index >= 15 is 0 Å². The third-order valence-corrected chi connectivity index (χ3v) is 3.38. The van der Waals surface area contributed by atoms with Gasteiger partial charge >= 0.3 is 0 Å². The number of carbonyl (C=O) groups excluding carboxylic acids is 3. The number of aromatic hydroxyl groups is 2. The van der Waals surface area contributed by atoms with E-state index in [1.807, 2.05) is 0 Å². The maximum Gasteiger partial charge on any atom is 0.275 e. The standard InChI is InChI=1S/C18H18N4O5/c1-11(19-21-17(26)12-6-2-4-8-14(12)23)10-16(25)20-22-18(27)13-7-3-5-9-15(13)24/h2-9,23-24H,10H2,1H3,(H,20,25)(H,21,26)(H,22,27). The van der Waals surface area contributed by atoms with Gasteiger partial charge in [-0.1, -0.05) is 24.3 Å². The zero-order valence-corrected chi connectivity index (χ0v) is 14.4. The van der Waals surface area contributed by atoms with Crippen LogP contribution in [0, 0.1) is 0 Å². The molecule has 3 amide bonds. The Labute approximate surface area is 154 Å². The van der Waals surface area contributed by atoms with Crippen LogP contribution in [0.3, 0.4) is 0 Å². The molecule has 9 nitrogen and oxygen atoms in total. The average molecular weight is 370 g/mol. The molecular formula is C18H18N4O5. The minimum Gasteiger partial charge on any atom is -0.507 e. The number of carbonyl (C=O) groups is 3. The number of amides is 3. The summed E-state index contributed by atoms with van der Waals surface area (Å²) in [5, 5.41) is 22.9. The number of nitrogens with zero attached hydrogens (tertiary/aromatic N) is 1. The van der Waals surface area contributed by atoms with Crippen molar-refractivity contribution in [3.8, 4) is 11.5 Å². The fourth-order valence-electron chi connectivity index (χ4n) is 2.05. The predicted molar refractivity (Wildman–Crippen MR) is 97.0 cm³/mol. The molecule has 0 unspecified atom stereocenters. The fourth-order valence-corrected chi connectivity index (χ4v) is 2.05. The molecule has 0 saturated carbocycles. The molecule has 0 radical (unpaired) electrons. The minimum atomic E-state index is -0.677. The van der Waals surface area contributed by atoms with E-state index in [-0.39, 0.29) is 34.8 Å². The summed E-state index contributed by atoms with van der Waals surface area (Å²) >= 11 is 0. The SMILES string of the molecule is CC(CC(=O)NNC(=O)c1ccccc1O)=NNC(=O)c1ccccc1O. The van der Waals surface area contributed by atoms with E-state index in [9.17, 15) is 24.6 Å². The number of benzene rings is 2. The van der Waals surface area contributed by atoms with Gasteiger partial charge in [0.2, 0.25) is 5.91 Å². The van der Waals surface area contributed by atoms with Crippen LogP contribution >= 0.6 is 0 Å². The monoisotopic (exact) mass is 370 g/mol. The topological polar surface area (TPSA) is 140 Å². The molecule has 27 heavy (non-hydrogen) atoms. The van der Waals surface area contributed by atoms with Gasteiger partial charge in [-0.2, -0.15) is 5.10 Å². The van der Waals surface area contributed by atoms with Crippen molar-refractivity contribution in [1.29, 1.82) is 0 Å². The van der Waals surface area contributed by atoms with E-state index in [4.69, 9.17) is 0 Å². The lowest BCUT2D eigenvalue weighted by molar-refractivity contribution is -0.120. The summed E-state index contributed by atoms with van der Waals surface area (Å²) < 4.78 is 0. The number of nitrogens with one attached hydrogen (secondary N) is 3. The second kappa shape index (κ2) is 8.99. The Balaban J connectivity index is 1.83. The van der Waals surface area contributed by atoms with E-state index in [0.717, 1.165) is 0 Å². The summed E-state index contributed by atoms with van der Waals surface area (Å²) in [4.78, 5) is 35.6. The highest BCUT2D eigenvalue weighted by atomic mass is 16.3. The maximum atomic E-state index is 11.9. The number of para-hydroxylation sites is 2. The molecule has 140 valence electrons. The Morgan fingerprint density at radius 2 is 1.37 bits per heavy atom. The summed E-state index contributed by atoms with van der Waals surface area (Å²) in [6.07, 6.45) is -0.192. The van der Waals surface area contributed by atoms with Crippen LogP contribution in [0.25, 0.3) is 0 Å². The third kappa shape index (κ3) is 5.56. The molecule has 0 heterocycles. The van der Waals surface area contributed by atoms with Crippen molar-refractivity contribution in [2.75, 3.05) is 0 Å². The highest BCUT2D eigenvalue weighted by Gasteiger charge is 2.12. The van der Waals surface area contributed by atoms with Crippen molar-refractivity contribution in [2.24, 2.45) is 5.10 Å². The molecule has 0 aliphatic heterocycles. The van der Waals surface area contributed by atoms with Gasteiger partial charge in [0.15, 0.2) is 0 Å². The van der Waals surface area contributed by atoms with Crippen molar-refractivity contribution in [3.05, 3.63) is 59.7 Å². The molecular weight excluding hydrogens is 352 g/mol. The van der Waals surface area contributed by atoms with Crippen LogP contribution in [0.4, 0.5) is 0 Å². The van der Waals surface area contributed by atoms with Crippen LogP contribution in [-0.2, 0) is 4.79 Å². The fraction of sp³-hybridized carbons (Fsp3) is 0.111. The zero-order chi connectivity index (χ0) is 19.8.